The molecule has 0 aliphatic heterocycles. The van der Waals surface area contributed by atoms with E-state index in [1.165, 1.54) is 23.8 Å². The second-order valence-electron chi connectivity index (χ2n) is 10.1. The summed E-state index contributed by atoms with van der Waals surface area (Å²) in [7, 11) is -4.17. The van der Waals surface area contributed by atoms with E-state index in [4.69, 9.17) is 24.3 Å². The summed E-state index contributed by atoms with van der Waals surface area (Å²) in [6.45, 7) is 6.89. The topological polar surface area (TPSA) is 161 Å². The number of benzene rings is 1. The van der Waals surface area contributed by atoms with E-state index < -0.39 is 30.9 Å². The lowest BCUT2D eigenvalue weighted by Crippen LogP contribution is -2.37. The molecule has 41 heavy (non-hydrogen) atoms. The van der Waals surface area contributed by atoms with Crippen molar-refractivity contribution in [2.24, 2.45) is 5.41 Å². The lowest BCUT2D eigenvalue weighted by molar-refractivity contribution is -0.150. The Morgan fingerprint density at radius 2 is 1.90 bits per heavy atom. The van der Waals surface area contributed by atoms with Gasteiger partial charge in [0.1, 0.15) is 24.2 Å². The Labute approximate surface area is 239 Å². The first-order valence-corrected chi connectivity index (χ1v) is 15.2. The number of hydrogen-bond acceptors (Lipinski definition) is 10. The molecule has 1 aliphatic rings. The molecule has 0 saturated heterocycles. The van der Waals surface area contributed by atoms with Crippen LogP contribution in [0.15, 0.2) is 53.0 Å². The van der Waals surface area contributed by atoms with Gasteiger partial charge in [-0.15, -0.1) is 0 Å². The molecule has 1 aromatic carbocycles. The fourth-order valence-electron chi connectivity index (χ4n) is 3.99. The Hall–Kier alpha value is -3.47. The number of aromatic nitrogens is 2. The van der Waals surface area contributed by atoms with Gasteiger partial charge < -0.3 is 19.7 Å². The van der Waals surface area contributed by atoms with Crippen LogP contribution in [-0.4, -0.2) is 46.8 Å². The van der Waals surface area contributed by atoms with Crippen molar-refractivity contribution in [3.63, 3.8) is 0 Å². The summed E-state index contributed by atoms with van der Waals surface area (Å²) in [5.74, 6) is -0.635. The van der Waals surface area contributed by atoms with Gasteiger partial charge in [0.05, 0.1) is 18.1 Å². The van der Waals surface area contributed by atoms with Gasteiger partial charge in [0, 0.05) is 18.8 Å². The van der Waals surface area contributed by atoms with E-state index in [1.807, 2.05) is 13.8 Å². The fraction of sp³-hybridized carbons (Fsp3) is 0.500. The molecular weight excluding hydrogens is 551 g/mol. The molecule has 1 fully saturated rings. The maximum absolute atomic E-state index is 14.0. The third-order valence-electron chi connectivity index (χ3n) is 6.39. The first kappa shape index (κ1) is 32.0. The summed E-state index contributed by atoms with van der Waals surface area (Å²) >= 11 is 0. The highest BCUT2D eigenvalue weighted by Gasteiger charge is 2.52. The lowest BCUT2D eigenvalue weighted by Gasteiger charge is -2.25. The van der Waals surface area contributed by atoms with Crippen molar-refractivity contribution >= 4 is 31.7 Å². The molecule has 2 aromatic rings. The van der Waals surface area contributed by atoms with E-state index in [-0.39, 0.29) is 43.3 Å². The molecule has 1 heterocycles. The minimum atomic E-state index is -4.17. The zero-order chi connectivity index (χ0) is 30.0. The van der Waals surface area contributed by atoms with Crippen LogP contribution in [0.3, 0.4) is 0 Å². The van der Waals surface area contributed by atoms with Crippen LogP contribution in [0, 0.1) is 5.41 Å². The number of carbonyl (C=O) groups excluding carboxylic acids is 2. The van der Waals surface area contributed by atoms with Crippen molar-refractivity contribution in [1.29, 1.82) is 0 Å². The number of carbonyl (C=O) groups is 2. The number of nitrogens with zero attached hydrogens (tertiary/aromatic N) is 2. The first-order valence-electron chi connectivity index (χ1n) is 13.7. The molecule has 1 saturated carbocycles. The van der Waals surface area contributed by atoms with E-state index in [0.29, 0.717) is 24.8 Å². The van der Waals surface area contributed by atoms with Crippen LogP contribution in [0.25, 0.3) is 6.20 Å². The van der Waals surface area contributed by atoms with Crippen LogP contribution in [0.5, 0.6) is 5.75 Å². The highest BCUT2D eigenvalue weighted by Crippen LogP contribution is 2.56. The van der Waals surface area contributed by atoms with E-state index in [0.717, 1.165) is 6.42 Å². The minimum absolute atomic E-state index is 0.0632. The Bertz CT molecular complexity index is 1330. The van der Waals surface area contributed by atoms with Crippen molar-refractivity contribution in [2.45, 2.75) is 71.9 Å². The average Bonchev–Trinajstić information content (AvgIpc) is 3.61. The van der Waals surface area contributed by atoms with E-state index in [2.05, 4.69) is 10.1 Å². The largest absolute Gasteiger partial charge is 0.465 e. The molecule has 224 valence electrons. The molecular formula is C28H39N4O8P. The standard InChI is InChI=1S/C28H39N4O8P/c1-5-10-20(3)39-26(34)21(4)31-41(36,40-23-12-8-7-9-13-23)38-19-28(18-37-25(33)11-6-2)16-22(28)17-32-15-14-24(29)30-27(32)35/h7-9,12-15,17,20-21H,5-6,10-11,16,18-19H2,1-4H3,(H,31,36)(H2,29,30,35)/b22-17-/t20?,21?,28?,41-/m0/s1. The Morgan fingerprint density at radius 3 is 2.56 bits per heavy atom. The van der Waals surface area contributed by atoms with Gasteiger partial charge in [-0.25, -0.2) is 9.36 Å². The normalized spacial score (nSPS) is 20.0. The third-order valence-corrected chi connectivity index (χ3v) is 8.02. The van der Waals surface area contributed by atoms with E-state index in [1.54, 1.807) is 43.5 Å². The zero-order valence-electron chi connectivity index (χ0n) is 23.9. The van der Waals surface area contributed by atoms with Crippen molar-refractivity contribution < 1.29 is 32.7 Å². The van der Waals surface area contributed by atoms with E-state index in [9.17, 15) is 18.9 Å². The Morgan fingerprint density at radius 1 is 1.17 bits per heavy atom. The third kappa shape index (κ3) is 9.55. The van der Waals surface area contributed by atoms with Crippen molar-refractivity contribution in [3.05, 3.63) is 58.7 Å². The van der Waals surface area contributed by atoms with Gasteiger partial charge in [-0.2, -0.15) is 10.1 Å². The van der Waals surface area contributed by atoms with Crippen molar-refractivity contribution in [3.8, 4) is 5.75 Å². The summed E-state index contributed by atoms with van der Waals surface area (Å²) in [5.41, 5.74) is 4.85. The van der Waals surface area contributed by atoms with Gasteiger partial charge in [0.15, 0.2) is 0 Å². The number of ether oxygens (including phenoxy) is 2. The Balaban J connectivity index is 1.83. The second kappa shape index (κ2) is 14.4. The molecule has 0 spiro atoms. The van der Waals surface area contributed by atoms with Gasteiger partial charge in [-0.1, -0.05) is 38.5 Å². The fourth-order valence-corrected chi connectivity index (χ4v) is 5.57. The van der Waals surface area contributed by atoms with Gasteiger partial charge in [0.25, 0.3) is 0 Å². The second-order valence-corrected chi connectivity index (χ2v) is 11.8. The molecule has 3 N–H and O–H groups in total. The molecule has 1 aromatic heterocycles. The maximum Gasteiger partial charge on any atom is 0.459 e. The highest BCUT2D eigenvalue weighted by molar-refractivity contribution is 7.52. The Kier molecular flexibility index (Phi) is 11.3. The zero-order valence-corrected chi connectivity index (χ0v) is 24.8. The van der Waals surface area contributed by atoms with Crippen LogP contribution in [0.2, 0.25) is 0 Å². The van der Waals surface area contributed by atoms with Gasteiger partial charge in [-0.3, -0.25) is 18.7 Å². The maximum atomic E-state index is 14.0. The number of rotatable bonds is 16. The number of anilines is 1. The predicted octanol–water partition coefficient (Wildman–Crippen LogP) is 4.31. The monoisotopic (exact) mass is 590 g/mol. The molecule has 0 amide bonds. The van der Waals surface area contributed by atoms with Gasteiger partial charge in [-0.05, 0) is 56.9 Å². The molecule has 4 atom stereocenters. The van der Waals surface area contributed by atoms with Crippen molar-refractivity contribution in [2.75, 3.05) is 18.9 Å². The number of nitrogens with two attached hydrogens (primary N) is 1. The van der Waals surface area contributed by atoms with E-state index >= 15 is 0 Å². The quantitative estimate of drug-likeness (QED) is 0.212. The number of nitrogen functional groups attached to an aromatic ring is 1. The first-order chi connectivity index (χ1) is 19.5. The molecule has 0 radical (unpaired) electrons. The summed E-state index contributed by atoms with van der Waals surface area (Å²) in [6, 6.07) is 8.86. The minimum Gasteiger partial charge on any atom is -0.465 e. The van der Waals surface area contributed by atoms with Gasteiger partial charge in [0.2, 0.25) is 0 Å². The summed E-state index contributed by atoms with van der Waals surface area (Å²) < 4.78 is 37.9. The number of para-hydroxylation sites is 1. The van der Waals surface area contributed by atoms with Gasteiger partial charge >= 0.3 is 25.4 Å². The van der Waals surface area contributed by atoms with Crippen LogP contribution < -0.4 is 21.0 Å². The molecule has 3 unspecified atom stereocenters. The van der Waals surface area contributed by atoms with Crippen LogP contribution in [-0.2, 0) is 28.2 Å². The summed E-state index contributed by atoms with van der Waals surface area (Å²) in [4.78, 5) is 40.9. The lowest BCUT2D eigenvalue weighted by atomic mass is 10.1. The number of hydrogen-bond donors (Lipinski definition) is 2. The summed E-state index contributed by atoms with van der Waals surface area (Å²) in [6.07, 6.45) is 5.51. The number of nitrogens with one attached hydrogen (secondary N) is 1. The van der Waals surface area contributed by atoms with Crippen LogP contribution >= 0.6 is 7.75 Å². The smallest absolute Gasteiger partial charge is 0.459 e. The van der Waals surface area contributed by atoms with Crippen LogP contribution in [0.1, 0.15) is 59.8 Å². The average molecular weight is 591 g/mol. The molecule has 13 heteroatoms. The van der Waals surface area contributed by atoms with Crippen LogP contribution in [0.4, 0.5) is 5.82 Å². The molecule has 0 bridgehead atoms. The molecule has 12 nitrogen and oxygen atoms in total. The predicted molar refractivity (Wildman–Crippen MR) is 154 cm³/mol. The number of esters is 2. The highest BCUT2D eigenvalue weighted by atomic mass is 31.2. The summed E-state index contributed by atoms with van der Waals surface area (Å²) in [5, 5.41) is 2.68. The SMILES string of the molecule is CCCC(=O)OCC1(CO[P@@](=O)(NC(C)C(=O)OC(C)CCC)Oc2ccccc2)C/C1=C/n1ccc(N)nc1=O. The molecule has 3 rings (SSSR count). The van der Waals surface area contributed by atoms with Crippen molar-refractivity contribution in [1.82, 2.24) is 14.6 Å². The molecule has 1 aliphatic carbocycles.